The van der Waals surface area contributed by atoms with Crippen molar-refractivity contribution >= 4 is 11.8 Å². The molecule has 0 atom stereocenters. The maximum Gasteiger partial charge on any atom is 0.257 e. The molecule has 6 nitrogen and oxygen atoms in total. The van der Waals surface area contributed by atoms with Gasteiger partial charge in [-0.25, -0.2) is 4.68 Å². The number of carbonyl (C=O) groups is 2. The van der Waals surface area contributed by atoms with Crippen LogP contribution in [0.2, 0.25) is 0 Å². The van der Waals surface area contributed by atoms with Crippen molar-refractivity contribution in [3.63, 3.8) is 0 Å². The highest BCUT2D eigenvalue weighted by molar-refractivity contribution is 5.95. The summed E-state index contributed by atoms with van der Waals surface area (Å²) in [7, 11) is 0. The van der Waals surface area contributed by atoms with Crippen molar-refractivity contribution in [3.05, 3.63) is 47.3 Å². The Morgan fingerprint density at radius 3 is 2.52 bits per heavy atom. The minimum absolute atomic E-state index is 0.00913. The number of aromatic nitrogens is 2. The van der Waals surface area contributed by atoms with E-state index in [9.17, 15) is 9.59 Å². The lowest BCUT2D eigenvalue weighted by Gasteiger charge is -2.31. The predicted octanol–water partition coefficient (Wildman–Crippen LogP) is 2.22. The standard InChI is InChI=1S/C19H24N4O2/c1-13-5-3-4-6-17(13)23-14(2)16(12-21-23)19(25)22-9-7-15(8-10-22)11-18(20)24/h3-6,12,15H,7-11H2,1-2H3,(H2,20,24). The number of amides is 2. The van der Waals surface area contributed by atoms with E-state index in [2.05, 4.69) is 5.10 Å². The van der Waals surface area contributed by atoms with Gasteiger partial charge in [-0.15, -0.1) is 0 Å². The molecule has 25 heavy (non-hydrogen) atoms. The van der Waals surface area contributed by atoms with E-state index in [1.54, 1.807) is 6.20 Å². The maximum atomic E-state index is 12.9. The normalized spacial score (nSPS) is 15.4. The lowest BCUT2D eigenvalue weighted by Crippen LogP contribution is -2.39. The SMILES string of the molecule is Cc1ccccc1-n1ncc(C(=O)N2CCC(CC(N)=O)CC2)c1C. The van der Waals surface area contributed by atoms with Crippen LogP contribution in [-0.2, 0) is 4.79 Å². The third-order valence-corrected chi connectivity index (χ3v) is 4.98. The van der Waals surface area contributed by atoms with Crippen molar-refractivity contribution in [1.82, 2.24) is 14.7 Å². The molecule has 1 aliphatic rings. The van der Waals surface area contributed by atoms with Crippen LogP contribution in [0.15, 0.2) is 30.5 Å². The molecule has 1 aromatic heterocycles. The first kappa shape index (κ1) is 17.2. The fraction of sp³-hybridized carbons (Fsp3) is 0.421. The van der Waals surface area contributed by atoms with Gasteiger partial charge >= 0.3 is 0 Å². The molecule has 0 bridgehead atoms. The minimum Gasteiger partial charge on any atom is -0.370 e. The molecule has 0 unspecified atom stereocenters. The Morgan fingerprint density at radius 1 is 1.20 bits per heavy atom. The third-order valence-electron chi connectivity index (χ3n) is 4.98. The fourth-order valence-electron chi connectivity index (χ4n) is 3.46. The maximum absolute atomic E-state index is 12.9. The second-order valence-electron chi connectivity index (χ2n) is 6.75. The number of rotatable bonds is 4. The van der Waals surface area contributed by atoms with E-state index in [1.807, 2.05) is 47.7 Å². The molecule has 0 saturated carbocycles. The van der Waals surface area contributed by atoms with Crippen LogP contribution >= 0.6 is 0 Å². The number of benzene rings is 1. The highest BCUT2D eigenvalue weighted by atomic mass is 16.2. The Hall–Kier alpha value is -2.63. The van der Waals surface area contributed by atoms with E-state index >= 15 is 0 Å². The molecule has 0 radical (unpaired) electrons. The van der Waals surface area contributed by atoms with Gasteiger partial charge in [-0.1, -0.05) is 18.2 Å². The Bertz CT molecular complexity index is 788. The van der Waals surface area contributed by atoms with Crippen LogP contribution in [0, 0.1) is 19.8 Å². The van der Waals surface area contributed by atoms with Gasteiger partial charge in [-0.05, 0) is 44.2 Å². The summed E-state index contributed by atoms with van der Waals surface area (Å²) in [6.07, 6.45) is 3.70. The molecular weight excluding hydrogens is 316 g/mol. The van der Waals surface area contributed by atoms with Gasteiger partial charge in [0.15, 0.2) is 0 Å². The summed E-state index contributed by atoms with van der Waals surface area (Å²) in [4.78, 5) is 25.8. The second-order valence-corrected chi connectivity index (χ2v) is 6.75. The van der Waals surface area contributed by atoms with Crippen LogP contribution in [0.3, 0.4) is 0 Å². The largest absolute Gasteiger partial charge is 0.370 e. The van der Waals surface area contributed by atoms with Crippen molar-refractivity contribution < 1.29 is 9.59 Å². The summed E-state index contributed by atoms with van der Waals surface area (Å²) in [5.74, 6) is 0.0346. The molecule has 2 aromatic rings. The molecule has 132 valence electrons. The van der Waals surface area contributed by atoms with E-state index < -0.39 is 0 Å². The van der Waals surface area contributed by atoms with Gasteiger partial charge in [-0.3, -0.25) is 9.59 Å². The highest BCUT2D eigenvalue weighted by Crippen LogP contribution is 2.23. The van der Waals surface area contributed by atoms with Crippen LogP contribution in [0.25, 0.3) is 5.69 Å². The van der Waals surface area contributed by atoms with Crippen LogP contribution < -0.4 is 5.73 Å². The summed E-state index contributed by atoms with van der Waals surface area (Å²) < 4.78 is 1.82. The topological polar surface area (TPSA) is 81.2 Å². The zero-order chi connectivity index (χ0) is 18.0. The zero-order valence-electron chi connectivity index (χ0n) is 14.7. The van der Waals surface area contributed by atoms with Gasteiger partial charge in [0.1, 0.15) is 0 Å². The number of hydrogen-bond acceptors (Lipinski definition) is 3. The molecule has 1 aliphatic heterocycles. The van der Waals surface area contributed by atoms with Crippen molar-refractivity contribution in [2.45, 2.75) is 33.1 Å². The van der Waals surface area contributed by atoms with E-state index in [1.165, 1.54) is 0 Å². The Kier molecular flexibility index (Phi) is 4.88. The van der Waals surface area contributed by atoms with Crippen molar-refractivity contribution in [1.29, 1.82) is 0 Å². The van der Waals surface area contributed by atoms with Gasteiger partial charge in [-0.2, -0.15) is 5.10 Å². The first-order chi connectivity index (χ1) is 12.0. The van der Waals surface area contributed by atoms with Crippen LogP contribution in [0.5, 0.6) is 0 Å². The minimum atomic E-state index is -0.264. The molecule has 6 heteroatoms. The molecule has 1 aromatic carbocycles. The average molecular weight is 340 g/mol. The number of nitrogens with zero attached hydrogens (tertiary/aromatic N) is 3. The van der Waals surface area contributed by atoms with Crippen molar-refractivity contribution in [2.24, 2.45) is 11.7 Å². The number of carbonyl (C=O) groups excluding carboxylic acids is 2. The van der Waals surface area contributed by atoms with Crippen LogP contribution in [-0.4, -0.2) is 39.6 Å². The number of hydrogen-bond donors (Lipinski definition) is 1. The van der Waals surface area contributed by atoms with Crippen LogP contribution in [0.4, 0.5) is 0 Å². The third kappa shape index (κ3) is 3.57. The molecule has 2 heterocycles. The monoisotopic (exact) mass is 340 g/mol. The molecule has 0 spiro atoms. The molecule has 2 N–H and O–H groups in total. The van der Waals surface area contributed by atoms with Gasteiger partial charge in [0.2, 0.25) is 5.91 Å². The first-order valence-electron chi connectivity index (χ1n) is 8.65. The summed E-state index contributed by atoms with van der Waals surface area (Å²) in [6.45, 7) is 5.27. The van der Waals surface area contributed by atoms with Gasteiger partial charge < -0.3 is 10.6 Å². The van der Waals surface area contributed by atoms with E-state index in [-0.39, 0.29) is 17.7 Å². The van der Waals surface area contributed by atoms with Crippen LogP contribution in [0.1, 0.15) is 40.9 Å². The highest BCUT2D eigenvalue weighted by Gasteiger charge is 2.26. The fourth-order valence-corrected chi connectivity index (χ4v) is 3.46. The molecule has 1 saturated heterocycles. The predicted molar refractivity (Wildman–Crippen MR) is 95.5 cm³/mol. The second kappa shape index (κ2) is 7.09. The summed E-state index contributed by atoms with van der Waals surface area (Å²) in [6, 6.07) is 7.98. The average Bonchev–Trinajstić information content (AvgIpc) is 2.96. The number of nitrogens with two attached hydrogens (primary N) is 1. The van der Waals surface area contributed by atoms with Gasteiger partial charge in [0, 0.05) is 19.5 Å². The smallest absolute Gasteiger partial charge is 0.257 e. The van der Waals surface area contributed by atoms with E-state index in [0.717, 1.165) is 29.8 Å². The Morgan fingerprint density at radius 2 is 1.88 bits per heavy atom. The number of aryl methyl sites for hydroxylation is 1. The van der Waals surface area contributed by atoms with E-state index in [4.69, 9.17) is 5.73 Å². The van der Waals surface area contributed by atoms with Crippen molar-refractivity contribution in [3.8, 4) is 5.69 Å². The molecule has 1 fully saturated rings. The Balaban J connectivity index is 1.74. The number of likely N-dealkylation sites (tertiary alicyclic amines) is 1. The molecule has 3 rings (SSSR count). The summed E-state index contributed by atoms with van der Waals surface area (Å²) >= 11 is 0. The van der Waals surface area contributed by atoms with E-state index in [0.29, 0.717) is 25.1 Å². The number of primary amides is 1. The lowest BCUT2D eigenvalue weighted by molar-refractivity contribution is -0.119. The number of para-hydroxylation sites is 1. The first-order valence-corrected chi connectivity index (χ1v) is 8.65. The van der Waals surface area contributed by atoms with Crippen molar-refractivity contribution in [2.75, 3.05) is 13.1 Å². The lowest BCUT2D eigenvalue weighted by atomic mass is 9.93. The molecule has 0 aliphatic carbocycles. The molecule has 2 amide bonds. The summed E-state index contributed by atoms with van der Waals surface area (Å²) in [5.41, 5.74) is 8.85. The Labute approximate surface area is 147 Å². The van der Waals surface area contributed by atoms with Gasteiger partial charge in [0.25, 0.3) is 5.91 Å². The quantitative estimate of drug-likeness (QED) is 0.926. The number of piperidine rings is 1. The molecular formula is C19H24N4O2. The zero-order valence-corrected chi connectivity index (χ0v) is 14.7. The van der Waals surface area contributed by atoms with Gasteiger partial charge in [0.05, 0.1) is 23.1 Å². The summed E-state index contributed by atoms with van der Waals surface area (Å²) in [5, 5.41) is 4.43.